The van der Waals surface area contributed by atoms with Gasteiger partial charge in [-0.1, -0.05) is 5.16 Å². The minimum atomic E-state index is -1.23. The van der Waals surface area contributed by atoms with Gasteiger partial charge in [0.2, 0.25) is 11.8 Å². The minimum absolute atomic E-state index is 0.0428. The van der Waals surface area contributed by atoms with Crippen LogP contribution in [0.25, 0.3) is 0 Å². The van der Waals surface area contributed by atoms with E-state index in [2.05, 4.69) is 20.1 Å². The molecule has 2 aliphatic heterocycles. The van der Waals surface area contributed by atoms with Crippen LogP contribution in [0.4, 0.5) is 25.1 Å². The molecule has 0 saturated carbocycles. The van der Waals surface area contributed by atoms with E-state index in [9.17, 15) is 18.3 Å². The van der Waals surface area contributed by atoms with Crippen molar-refractivity contribution in [1.29, 1.82) is 0 Å². The molecule has 38 heavy (non-hydrogen) atoms. The lowest BCUT2D eigenvalue weighted by molar-refractivity contribution is 0.131. The molecule has 2 aliphatic rings. The first-order valence-corrected chi connectivity index (χ1v) is 12.6. The van der Waals surface area contributed by atoms with Gasteiger partial charge < -0.3 is 29.9 Å². The van der Waals surface area contributed by atoms with E-state index >= 15 is 0 Å². The van der Waals surface area contributed by atoms with Crippen molar-refractivity contribution in [2.24, 2.45) is 11.7 Å². The Morgan fingerprint density at radius 3 is 2.37 bits per heavy atom. The highest BCUT2D eigenvalue weighted by atomic mass is 19.2. The molecule has 4 atom stereocenters. The molecule has 0 spiro atoms. The quantitative estimate of drug-likeness (QED) is 0.438. The summed E-state index contributed by atoms with van der Waals surface area (Å²) in [4.78, 5) is 16.8. The van der Waals surface area contributed by atoms with Crippen LogP contribution in [0.1, 0.15) is 50.1 Å². The van der Waals surface area contributed by atoms with Crippen molar-refractivity contribution in [3.05, 3.63) is 53.4 Å². The Bertz CT molecular complexity index is 1250. The average molecular weight is 534 g/mol. The lowest BCUT2D eigenvalue weighted by Crippen LogP contribution is -2.38. The van der Waals surface area contributed by atoms with Gasteiger partial charge in [-0.3, -0.25) is 0 Å². The molecule has 204 valence electrons. The zero-order chi connectivity index (χ0) is 27.0. The molecule has 2 saturated heterocycles. The summed E-state index contributed by atoms with van der Waals surface area (Å²) in [5, 5.41) is 13.4. The fourth-order valence-corrected chi connectivity index (χ4v) is 5.07. The van der Waals surface area contributed by atoms with E-state index in [1.807, 2.05) is 11.8 Å². The summed E-state index contributed by atoms with van der Waals surface area (Å²) >= 11 is 0. The number of ether oxygens (including phenoxy) is 1. The molecular formula is C25H30F3N7O3. The van der Waals surface area contributed by atoms with Crippen LogP contribution < -0.4 is 20.3 Å². The van der Waals surface area contributed by atoms with Crippen LogP contribution >= 0.6 is 0 Å². The highest BCUT2D eigenvalue weighted by Crippen LogP contribution is 2.32. The molecule has 1 aromatic carbocycles. The van der Waals surface area contributed by atoms with E-state index in [-0.39, 0.29) is 24.0 Å². The zero-order valence-electron chi connectivity index (χ0n) is 21.1. The molecule has 3 N–H and O–H groups in total. The first-order chi connectivity index (χ1) is 18.2. The fraction of sp³-hybridized carbons (Fsp3) is 0.520. The predicted molar refractivity (Wildman–Crippen MR) is 131 cm³/mol. The highest BCUT2D eigenvalue weighted by molar-refractivity contribution is 5.39. The number of nitrogens with zero attached hydrogens (tertiary/aromatic N) is 6. The molecule has 2 aromatic heterocycles. The van der Waals surface area contributed by atoms with Gasteiger partial charge in [0.1, 0.15) is 11.9 Å². The Labute approximate surface area is 217 Å². The van der Waals surface area contributed by atoms with Crippen molar-refractivity contribution in [3.8, 4) is 5.75 Å². The molecule has 0 amide bonds. The van der Waals surface area contributed by atoms with Gasteiger partial charge in [0.15, 0.2) is 17.4 Å². The van der Waals surface area contributed by atoms with Gasteiger partial charge in [-0.2, -0.15) is 4.98 Å². The van der Waals surface area contributed by atoms with Crippen molar-refractivity contribution in [3.63, 3.8) is 0 Å². The number of aliphatic hydroxyl groups excluding tert-OH is 1. The Morgan fingerprint density at radius 2 is 1.71 bits per heavy atom. The molecule has 4 heterocycles. The van der Waals surface area contributed by atoms with Crippen molar-refractivity contribution in [2.75, 3.05) is 36.0 Å². The number of aromatic nitrogens is 4. The summed E-state index contributed by atoms with van der Waals surface area (Å²) in [7, 11) is 0. The molecule has 0 aliphatic carbocycles. The topological polar surface area (TPSA) is 127 Å². The van der Waals surface area contributed by atoms with Crippen LogP contribution in [-0.2, 0) is 0 Å². The van der Waals surface area contributed by atoms with E-state index < -0.39 is 35.5 Å². The number of aliphatic hydroxyl groups is 1. The molecule has 0 bridgehead atoms. The van der Waals surface area contributed by atoms with E-state index in [1.165, 1.54) is 0 Å². The molecule has 10 nitrogen and oxygen atoms in total. The number of hydrogen-bond donors (Lipinski definition) is 2. The van der Waals surface area contributed by atoms with Gasteiger partial charge in [-0.25, -0.2) is 23.1 Å². The van der Waals surface area contributed by atoms with Crippen LogP contribution in [0, 0.1) is 23.4 Å². The highest BCUT2D eigenvalue weighted by Gasteiger charge is 2.35. The van der Waals surface area contributed by atoms with Gasteiger partial charge in [-0.05, 0) is 44.2 Å². The zero-order valence-corrected chi connectivity index (χ0v) is 21.1. The van der Waals surface area contributed by atoms with Crippen LogP contribution in [0.2, 0.25) is 0 Å². The Balaban J connectivity index is 1.15. The summed E-state index contributed by atoms with van der Waals surface area (Å²) in [6.07, 6.45) is 4.03. The molecule has 5 rings (SSSR count). The van der Waals surface area contributed by atoms with Crippen LogP contribution in [0.3, 0.4) is 0 Å². The van der Waals surface area contributed by atoms with E-state index in [1.54, 1.807) is 24.2 Å². The first kappa shape index (κ1) is 26.2. The molecule has 13 heteroatoms. The number of hydrogen-bond acceptors (Lipinski definition) is 10. The van der Waals surface area contributed by atoms with Crippen molar-refractivity contribution < 1.29 is 27.5 Å². The van der Waals surface area contributed by atoms with E-state index in [4.69, 9.17) is 15.0 Å². The summed E-state index contributed by atoms with van der Waals surface area (Å²) in [5.74, 6) is -2.20. The summed E-state index contributed by atoms with van der Waals surface area (Å²) in [6, 6.07) is 1.34. The largest absolute Gasteiger partial charge is 0.487 e. The Kier molecular flexibility index (Phi) is 7.39. The van der Waals surface area contributed by atoms with Crippen LogP contribution in [-0.4, -0.2) is 63.5 Å². The van der Waals surface area contributed by atoms with Gasteiger partial charge in [0, 0.05) is 44.2 Å². The third kappa shape index (κ3) is 5.39. The van der Waals surface area contributed by atoms with Gasteiger partial charge in [0.25, 0.3) is 0 Å². The van der Waals surface area contributed by atoms with Gasteiger partial charge in [-0.15, -0.1) is 0 Å². The second-order valence-corrected chi connectivity index (χ2v) is 9.94. The third-order valence-corrected chi connectivity index (χ3v) is 7.30. The lowest BCUT2D eigenvalue weighted by Gasteiger charge is -2.33. The molecular weight excluding hydrogens is 503 g/mol. The number of rotatable bonds is 7. The normalized spacial score (nSPS) is 22.1. The predicted octanol–water partition coefficient (Wildman–Crippen LogP) is 2.95. The second kappa shape index (κ2) is 10.7. The maximum absolute atomic E-state index is 14.3. The number of nitrogens with two attached hydrogens (primary N) is 1. The second-order valence-electron chi connectivity index (χ2n) is 9.94. The van der Waals surface area contributed by atoms with Gasteiger partial charge >= 0.3 is 6.01 Å². The minimum Gasteiger partial charge on any atom is -0.487 e. The summed E-state index contributed by atoms with van der Waals surface area (Å²) < 4.78 is 52.7. The molecule has 0 radical (unpaired) electrons. The van der Waals surface area contributed by atoms with Crippen LogP contribution in [0.15, 0.2) is 29.0 Å². The van der Waals surface area contributed by atoms with E-state index in [0.29, 0.717) is 36.2 Å². The average Bonchev–Trinajstić information content (AvgIpc) is 3.54. The number of piperidine rings is 1. The molecule has 2 fully saturated rings. The monoisotopic (exact) mass is 533 g/mol. The van der Waals surface area contributed by atoms with Crippen molar-refractivity contribution >= 4 is 12.0 Å². The molecule has 1 unspecified atom stereocenters. The fourth-order valence-electron chi connectivity index (χ4n) is 5.07. The van der Waals surface area contributed by atoms with Crippen molar-refractivity contribution in [2.45, 2.75) is 50.9 Å². The Morgan fingerprint density at radius 1 is 1.03 bits per heavy atom. The van der Waals surface area contributed by atoms with Crippen molar-refractivity contribution in [1.82, 2.24) is 20.1 Å². The maximum Gasteiger partial charge on any atom is 0.324 e. The number of anilines is 2. The standard InChI is InChI=1S/C25H30F3N7O3/c1-13(36)23-32-25(38-33-23)34-5-3-15(4-6-34)14(2)37-16-9-30-24(31-10-16)35-11-18(22(29)12-35)17-7-20(27)21(28)8-19(17)26/h7-10,13-15,18,22,36H,3-6,11-12,29H2,1-2H3/t13?,14-,18+,22-/m0/s1. The molecule has 3 aromatic rings. The Hall–Kier alpha value is -3.45. The smallest absolute Gasteiger partial charge is 0.324 e. The summed E-state index contributed by atoms with van der Waals surface area (Å²) in [5.41, 5.74) is 6.25. The third-order valence-electron chi connectivity index (χ3n) is 7.30. The number of benzene rings is 1. The van der Waals surface area contributed by atoms with E-state index in [0.717, 1.165) is 32.0 Å². The lowest BCUT2D eigenvalue weighted by atomic mass is 9.92. The summed E-state index contributed by atoms with van der Waals surface area (Å²) in [6.45, 7) is 5.67. The first-order valence-electron chi connectivity index (χ1n) is 12.6. The maximum atomic E-state index is 14.3. The SMILES string of the molecule is CC(O)c1noc(N2CCC([C@H](C)Oc3cnc(N4C[C@H](c5cc(F)c(F)cc5F)[C@@H](N)C4)nc3)CC2)n1. The van der Waals surface area contributed by atoms with Gasteiger partial charge in [0.05, 0.1) is 18.5 Å². The number of halogens is 3. The van der Waals surface area contributed by atoms with Crippen LogP contribution in [0.5, 0.6) is 5.75 Å².